The van der Waals surface area contributed by atoms with Crippen molar-refractivity contribution in [3.05, 3.63) is 18.0 Å². The second-order valence-electron chi connectivity index (χ2n) is 4.68. The number of nitrogens with zero attached hydrogens (tertiary/aromatic N) is 2. The maximum atomic E-state index is 4.33. The van der Waals surface area contributed by atoms with Gasteiger partial charge in [-0.3, -0.25) is 4.68 Å². The maximum absolute atomic E-state index is 4.33. The Bertz CT molecular complexity index is 278. The lowest BCUT2D eigenvalue weighted by atomic mass is 10.1. The first-order chi connectivity index (χ1) is 7.72. The SMILES string of the molecule is CCCn1cc(CCCCNC(C)C)cn1. The lowest BCUT2D eigenvalue weighted by Crippen LogP contribution is -2.23. The highest BCUT2D eigenvalue weighted by atomic mass is 15.3. The normalized spacial score (nSPS) is 11.2. The predicted molar refractivity (Wildman–Crippen MR) is 68.6 cm³/mol. The van der Waals surface area contributed by atoms with Gasteiger partial charge in [0.15, 0.2) is 0 Å². The molecule has 1 aromatic heterocycles. The summed E-state index contributed by atoms with van der Waals surface area (Å²) in [6.07, 6.45) is 8.99. The standard InChI is InChI=1S/C13H25N3/c1-4-9-16-11-13(10-15-16)7-5-6-8-14-12(2)3/h10-12,14H,4-9H2,1-3H3. The molecule has 1 heterocycles. The van der Waals surface area contributed by atoms with Crippen molar-refractivity contribution < 1.29 is 0 Å². The fourth-order valence-corrected chi connectivity index (χ4v) is 1.73. The zero-order chi connectivity index (χ0) is 11.8. The third kappa shape index (κ3) is 5.31. The monoisotopic (exact) mass is 223 g/mol. The molecule has 1 N–H and O–H groups in total. The van der Waals surface area contributed by atoms with Gasteiger partial charge in [-0.2, -0.15) is 5.10 Å². The van der Waals surface area contributed by atoms with Crippen LogP contribution in [-0.4, -0.2) is 22.4 Å². The minimum Gasteiger partial charge on any atom is -0.315 e. The lowest BCUT2D eigenvalue weighted by Gasteiger charge is -2.06. The van der Waals surface area contributed by atoms with Crippen molar-refractivity contribution in [1.82, 2.24) is 15.1 Å². The Balaban J connectivity index is 2.12. The summed E-state index contributed by atoms with van der Waals surface area (Å²) in [5.74, 6) is 0. The molecule has 0 aliphatic carbocycles. The quantitative estimate of drug-likeness (QED) is 0.687. The molecule has 0 aliphatic heterocycles. The van der Waals surface area contributed by atoms with Crippen molar-refractivity contribution in [3.63, 3.8) is 0 Å². The summed E-state index contributed by atoms with van der Waals surface area (Å²) in [6.45, 7) is 8.72. The van der Waals surface area contributed by atoms with E-state index in [9.17, 15) is 0 Å². The molecule has 1 aromatic rings. The van der Waals surface area contributed by atoms with E-state index in [1.165, 1.54) is 18.4 Å². The molecule has 0 fully saturated rings. The number of rotatable bonds is 8. The van der Waals surface area contributed by atoms with Gasteiger partial charge < -0.3 is 5.32 Å². The van der Waals surface area contributed by atoms with Gasteiger partial charge in [-0.1, -0.05) is 20.8 Å². The van der Waals surface area contributed by atoms with Crippen molar-refractivity contribution >= 4 is 0 Å². The fourth-order valence-electron chi connectivity index (χ4n) is 1.73. The average Bonchev–Trinajstić information content (AvgIpc) is 2.65. The minimum absolute atomic E-state index is 0.604. The van der Waals surface area contributed by atoms with Crippen molar-refractivity contribution in [3.8, 4) is 0 Å². The Kier molecular flexibility index (Phi) is 6.16. The summed E-state index contributed by atoms with van der Waals surface area (Å²) in [7, 11) is 0. The van der Waals surface area contributed by atoms with E-state index in [1.807, 2.05) is 10.9 Å². The molecule has 0 atom stereocenters. The molecule has 0 spiro atoms. The number of hydrogen-bond acceptors (Lipinski definition) is 2. The van der Waals surface area contributed by atoms with Gasteiger partial charge in [0.25, 0.3) is 0 Å². The number of unbranched alkanes of at least 4 members (excludes halogenated alkanes) is 1. The predicted octanol–water partition coefficient (Wildman–Crippen LogP) is 2.61. The molecule has 0 saturated heterocycles. The third-order valence-corrected chi connectivity index (χ3v) is 2.58. The largest absolute Gasteiger partial charge is 0.315 e. The molecule has 0 bridgehead atoms. The average molecular weight is 223 g/mol. The molecule has 0 radical (unpaired) electrons. The van der Waals surface area contributed by atoms with E-state index in [0.717, 1.165) is 25.9 Å². The molecule has 0 unspecified atom stereocenters. The summed E-state index contributed by atoms with van der Waals surface area (Å²) in [5, 5.41) is 7.77. The van der Waals surface area contributed by atoms with Gasteiger partial charge in [-0.15, -0.1) is 0 Å². The fraction of sp³-hybridized carbons (Fsp3) is 0.769. The van der Waals surface area contributed by atoms with E-state index in [1.54, 1.807) is 0 Å². The highest BCUT2D eigenvalue weighted by molar-refractivity contribution is 5.03. The van der Waals surface area contributed by atoms with Crippen LogP contribution in [0.25, 0.3) is 0 Å². The molecule has 1 rings (SSSR count). The van der Waals surface area contributed by atoms with Crippen LogP contribution < -0.4 is 5.32 Å². The van der Waals surface area contributed by atoms with Crippen molar-refractivity contribution in [2.45, 2.75) is 59.0 Å². The van der Waals surface area contributed by atoms with Crippen LogP contribution in [0, 0.1) is 0 Å². The van der Waals surface area contributed by atoms with Crippen LogP contribution in [0.2, 0.25) is 0 Å². The zero-order valence-corrected chi connectivity index (χ0v) is 10.9. The van der Waals surface area contributed by atoms with E-state index < -0.39 is 0 Å². The molecule has 92 valence electrons. The van der Waals surface area contributed by atoms with Gasteiger partial charge in [0.05, 0.1) is 6.20 Å². The first-order valence-electron chi connectivity index (χ1n) is 6.47. The van der Waals surface area contributed by atoms with Crippen molar-refractivity contribution in [2.24, 2.45) is 0 Å². The minimum atomic E-state index is 0.604. The Morgan fingerprint density at radius 2 is 2.19 bits per heavy atom. The Labute approximate surface area is 99.2 Å². The van der Waals surface area contributed by atoms with Crippen LogP contribution in [0.3, 0.4) is 0 Å². The van der Waals surface area contributed by atoms with Crippen LogP contribution in [0.5, 0.6) is 0 Å². The summed E-state index contributed by atoms with van der Waals surface area (Å²) in [6, 6.07) is 0.604. The van der Waals surface area contributed by atoms with Crippen LogP contribution in [0.4, 0.5) is 0 Å². The number of hydrogen-bond donors (Lipinski definition) is 1. The number of aromatic nitrogens is 2. The van der Waals surface area contributed by atoms with Crippen molar-refractivity contribution in [2.75, 3.05) is 6.54 Å². The van der Waals surface area contributed by atoms with E-state index in [2.05, 4.69) is 37.4 Å². The molecule has 0 aliphatic rings. The molecular weight excluding hydrogens is 198 g/mol. The van der Waals surface area contributed by atoms with E-state index in [-0.39, 0.29) is 0 Å². The molecular formula is C13H25N3. The summed E-state index contributed by atoms with van der Waals surface area (Å²) < 4.78 is 2.04. The van der Waals surface area contributed by atoms with Gasteiger partial charge in [0.2, 0.25) is 0 Å². The zero-order valence-electron chi connectivity index (χ0n) is 10.9. The summed E-state index contributed by atoms with van der Waals surface area (Å²) in [4.78, 5) is 0. The van der Waals surface area contributed by atoms with E-state index in [4.69, 9.17) is 0 Å². The molecule has 16 heavy (non-hydrogen) atoms. The Morgan fingerprint density at radius 3 is 2.88 bits per heavy atom. The summed E-state index contributed by atoms with van der Waals surface area (Å²) in [5.41, 5.74) is 1.37. The van der Waals surface area contributed by atoms with Gasteiger partial charge in [-0.05, 0) is 37.8 Å². The number of nitrogens with one attached hydrogen (secondary N) is 1. The molecule has 3 nitrogen and oxygen atoms in total. The smallest absolute Gasteiger partial charge is 0.0521 e. The molecule has 0 amide bonds. The van der Waals surface area contributed by atoms with Crippen LogP contribution in [-0.2, 0) is 13.0 Å². The topological polar surface area (TPSA) is 29.9 Å². The van der Waals surface area contributed by atoms with Crippen LogP contribution >= 0.6 is 0 Å². The van der Waals surface area contributed by atoms with Crippen molar-refractivity contribution in [1.29, 1.82) is 0 Å². The molecule has 3 heteroatoms. The summed E-state index contributed by atoms with van der Waals surface area (Å²) >= 11 is 0. The third-order valence-electron chi connectivity index (χ3n) is 2.58. The highest BCUT2D eigenvalue weighted by Gasteiger charge is 1.98. The van der Waals surface area contributed by atoms with Crippen LogP contribution in [0.15, 0.2) is 12.4 Å². The first kappa shape index (κ1) is 13.2. The van der Waals surface area contributed by atoms with E-state index >= 15 is 0 Å². The highest BCUT2D eigenvalue weighted by Crippen LogP contribution is 2.04. The van der Waals surface area contributed by atoms with Gasteiger partial charge in [0.1, 0.15) is 0 Å². The first-order valence-corrected chi connectivity index (χ1v) is 6.47. The lowest BCUT2D eigenvalue weighted by molar-refractivity contribution is 0.557. The molecule has 0 aromatic carbocycles. The Morgan fingerprint density at radius 1 is 1.38 bits per heavy atom. The second kappa shape index (κ2) is 7.44. The van der Waals surface area contributed by atoms with Gasteiger partial charge in [0, 0.05) is 18.8 Å². The second-order valence-corrected chi connectivity index (χ2v) is 4.68. The molecule has 0 saturated carbocycles. The van der Waals surface area contributed by atoms with Gasteiger partial charge in [-0.25, -0.2) is 0 Å². The number of aryl methyl sites for hydroxylation is 2. The maximum Gasteiger partial charge on any atom is 0.0521 e. The van der Waals surface area contributed by atoms with Crippen LogP contribution in [0.1, 0.15) is 45.6 Å². The van der Waals surface area contributed by atoms with Gasteiger partial charge >= 0.3 is 0 Å². The Hall–Kier alpha value is -0.830. The van der Waals surface area contributed by atoms with E-state index in [0.29, 0.717) is 6.04 Å².